The summed E-state index contributed by atoms with van der Waals surface area (Å²) in [5.41, 5.74) is 2.30. The van der Waals surface area contributed by atoms with E-state index in [1.807, 2.05) is 0 Å². The summed E-state index contributed by atoms with van der Waals surface area (Å²) in [6, 6.07) is 8.83. The van der Waals surface area contributed by atoms with Crippen molar-refractivity contribution in [2.75, 3.05) is 13.1 Å². The summed E-state index contributed by atoms with van der Waals surface area (Å²) < 4.78 is 108. The van der Waals surface area contributed by atoms with Crippen LogP contribution in [0, 0.1) is 0 Å². The van der Waals surface area contributed by atoms with Gasteiger partial charge >= 0.3 is 12.4 Å². The van der Waals surface area contributed by atoms with Crippen LogP contribution in [-0.2, 0) is 17.1 Å². The van der Waals surface area contributed by atoms with Gasteiger partial charge in [0.15, 0.2) is 5.82 Å². The summed E-state index contributed by atoms with van der Waals surface area (Å²) in [5, 5.41) is 0. The van der Waals surface area contributed by atoms with Crippen LogP contribution in [0.4, 0.5) is 35.1 Å². The second kappa shape index (κ2) is 11.2. The van der Waals surface area contributed by atoms with Crippen molar-refractivity contribution in [1.82, 2.24) is 14.3 Å². The number of carbonyl (C=O) groups excluding carboxylic acids is 1. The third kappa shape index (κ3) is 7.36. The molecular formula is C26H20F8N4OS. The van der Waals surface area contributed by atoms with Crippen molar-refractivity contribution in [3.63, 3.8) is 0 Å². The van der Waals surface area contributed by atoms with Crippen LogP contribution in [0.3, 0.4) is 0 Å². The van der Waals surface area contributed by atoms with Crippen molar-refractivity contribution >= 4 is 29.5 Å². The normalized spacial score (nSPS) is 16.6. The van der Waals surface area contributed by atoms with E-state index in [1.165, 1.54) is 24.1 Å². The largest absolute Gasteiger partial charge is 0.416 e. The summed E-state index contributed by atoms with van der Waals surface area (Å²) in [5.74, 6) is -4.02. The fourth-order valence-electron chi connectivity index (χ4n) is 3.89. The van der Waals surface area contributed by atoms with Crippen LogP contribution in [0.5, 0.6) is 0 Å². The molecule has 0 radical (unpaired) electrons. The van der Waals surface area contributed by atoms with Gasteiger partial charge in [-0.25, -0.2) is 23.1 Å². The monoisotopic (exact) mass is 588 g/mol. The minimum Gasteiger partial charge on any atom is -0.366 e. The van der Waals surface area contributed by atoms with Gasteiger partial charge in [-0.15, -0.1) is 0 Å². The molecule has 14 heteroatoms. The summed E-state index contributed by atoms with van der Waals surface area (Å²) >= 11 is 1.23. The lowest BCUT2D eigenvalue weighted by molar-refractivity contribution is -0.143. The van der Waals surface area contributed by atoms with Crippen LogP contribution in [0.2, 0.25) is 0 Å². The van der Waals surface area contributed by atoms with E-state index in [0.29, 0.717) is 22.6 Å². The summed E-state index contributed by atoms with van der Waals surface area (Å²) in [4.78, 5) is 20.8. The smallest absolute Gasteiger partial charge is 0.366 e. The first-order valence-electron chi connectivity index (χ1n) is 11.7. The number of carbonyl (C=O) groups is 1. The van der Waals surface area contributed by atoms with E-state index in [4.69, 9.17) is 5.73 Å². The second-order valence-corrected chi connectivity index (χ2v) is 10.1. The third-order valence-electron chi connectivity index (χ3n) is 5.91. The Morgan fingerprint density at radius 2 is 1.57 bits per heavy atom. The Balaban J connectivity index is 1.66. The number of rotatable bonds is 6. The molecule has 0 atom stereocenters. The molecule has 2 N–H and O–H groups in total. The molecule has 2 aromatic carbocycles. The van der Waals surface area contributed by atoms with E-state index in [9.17, 15) is 39.9 Å². The Labute approximate surface area is 227 Å². The standard InChI is InChI=1S/C26H20F8N4OS/c27-24(28)5-8-38(9-6-24)40-20-3-1-2-15(12-20)21(22(35)39)14-19-4-7-36-23(37-19)16-10-17(25(29,30)31)13-18(11-16)26(32,33)34/h1-4,7,10-14H,5-6,8-9H2,(H2,35,39)/b21-14+. The number of hydrogen-bond acceptors (Lipinski definition) is 5. The van der Waals surface area contributed by atoms with Crippen molar-refractivity contribution in [3.05, 3.63) is 77.1 Å². The third-order valence-corrected chi connectivity index (χ3v) is 7.00. The molecule has 1 amide bonds. The van der Waals surface area contributed by atoms with Crippen LogP contribution in [-0.4, -0.2) is 39.2 Å². The molecule has 0 aliphatic carbocycles. The molecule has 2 heterocycles. The van der Waals surface area contributed by atoms with Gasteiger partial charge in [-0.05, 0) is 60.0 Å². The highest BCUT2D eigenvalue weighted by atomic mass is 32.2. The highest BCUT2D eigenvalue weighted by Gasteiger charge is 2.37. The minimum absolute atomic E-state index is 0.00101. The van der Waals surface area contributed by atoms with Crippen molar-refractivity contribution in [3.8, 4) is 11.4 Å². The average Bonchev–Trinajstić information content (AvgIpc) is 2.87. The van der Waals surface area contributed by atoms with E-state index in [1.54, 1.807) is 28.6 Å². The Bertz CT molecular complexity index is 1400. The molecular weight excluding hydrogens is 568 g/mol. The SMILES string of the molecule is NC(=O)/C(=C/c1ccnc(-c2cc(C(F)(F)F)cc(C(F)(F)F)c2)n1)c1cccc(SN2CCC(F)(F)CC2)c1. The summed E-state index contributed by atoms with van der Waals surface area (Å²) in [6.07, 6.45) is -8.30. The number of hydrogen-bond donors (Lipinski definition) is 1. The molecule has 40 heavy (non-hydrogen) atoms. The van der Waals surface area contributed by atoms with E-state index in [0.717, 1.165) is 6.20 Å². The maximum Gasteiger partial charge on any atom is 0.416 e. The number of piperidine rings is 1. The van der Waals surface area contributed by atoms with E-state index in [2.05, 4.69) is 9.97 Å². The van der Waals surface area contributed by atoms with Gasteiger partial charge < -0.3 is 5.73 Å². The van der Waals surface area contributed by atoms with Crippen molar-refractivity contribution in [2.45, 2.75) is 36.0 Å². The van der Waals surface area contributed by atoms with Gasteiger partial charge in [0.25, 0.3) is 5.92 Å². The number of primary amides is 1. The van der Waals surface area contributed by atoms with Crippen LogP contribution in [0.15, 0.2) is 59.6 Å². The Morgan fingerprint density at radius 3 is 2.15 bits per heavy atom. The van der Waals surface area contributed by atoms with Crippen LogP contribution < -0.4 is 5.73 Å². The quantitative estimate of drug-likeness (QED) is 0.192. The second-order valence-electron chi connectivity index (χ2n) is 8.93. The number of nitrogens with two attached hydrogens (primary N) is 1. The number of alkyl halides is 8. The number of halogens is 8. The maximum atomic E-state index is 13.5. The number of nitrogens with zero attached hydrogens (tertiary/aromatic N) is 3. The van der Waals surface area contributed by atoms with E-state index in [-0.39, 0.29) is 43.3 Å². The predicted octanol–water partition coefficient (Wildman–Crippen LogP) is 6.95. The maximum absolute atomic E-state index is 13.5. The average molecular weight is 589 g/mol. The zero-order chi connectivity index (χ0) is 29.3. The van der Waals surface area contributed by atoms with Crippen LogP contribution >= 0.6 is 11.9 Å². The van der Waals surface area contributed by atoms with Crippen LogP contribution in [0.1, 0.15) is 35.2 Å². The number of amides is 1. The molecule has 0 unspecified atom stereocenters. The lowest BCUT2D eigenvalue weighted by Crippen LogP contribution is -2.35. The Morgan fingerprint density at radius 1 is 0.950 bits per heavy atom. The summed E-state index contributed by atoms with van der Waals surface area (Å²) in [7, 11) is 0. The summed E-state index contributed by atoms with van der Waals surface area (Å²) in [6.45, 7) is 0.325. The highest BCUT2D eigenvalue weighted by molar-refractivity contribution is 7.97. The number of aromatic nitrogens is 2. The van der Waals surface area contributed by atoms with Gasteiger partial charge in [-0.3, -0.25) is 4.79 Å². The lowest BCUT2D eigenvalue weighted by atomic mass is 10.0. The van der Waals surface area contributed by atoms with Crippen LogP contribution in [0.25, 0.3) is 23.0 Å². The van der Waals surface area contributed by atoms with E-state index < -0.39 is 46.7 Å². The lowest BCUT2D eigenvalue weighted by Gasteiger charge is -2.30. The fourth-order valence-corrected chi connectivity index (χ4v) is 4.88. The van der Waals surface area contributed by atoms with E-state index >= 15 is 0 Å². The zero-order valence-corrected chi connectivity index (χ0v) is 21.2. The molecule has 1 aliphatic heterocycles. The zero-order valence-electron chi connectivity index (χ0n) is 20.4. The molecule has 0 bridgehead atoms. The molecule has 3 aromatic rings. The molecule has 1 aromatic heterocycles. The molecule has 4 rings (SSSR count). The topological polar surface area (TPSA) is 72.1 Å². The van der Waals surface area contributed by atoms with Gasteiger partial charge in [-0.2, -0.15) is 26.3 Å². The first-order valence-corrected chi connectivity index (χ1v) is 12.4. The van der Waals surface area contributed by atoms with Crippen molar-refractivity contribution in [1.29, 1.82) is 0 Å². The van der Waals surface area contributed by atoms with Gasteiger partial charge in [0, 0.05) is 48.2 Å². The van der Waals surface area contributed by atoms with Crippen molar-refractivity contribution in [2.24, 2.45) is 5.73 Å². The first kappa shape index (κ1) is 29.5. The molecule has 0 saturated carbocycles. The first-order chi connectivity index (χ1) is 18.6. The molecule has 212 valence electrons. The molecule has 1 fully saturated rings. The van der Waals surface area contributed by atoms with Crippen molar-refractivity contribution < 1.29 is 39.9 Å². The molecule has 1 aliphatic rings. The Hall–Kier alpha value is -3.52. The molecule has 5 nitrogen and oxygen atoms in total. The number of benzene rings is 2. The minimum atomic E-state index is -5.05. The Kier molecular flexibility index (Phi) is 8.22. The van der Waals surface area contributed by atoms with Gasteiger partial charge in [0.1, 0.15) is 0 Å². The predicted molar refractivity (Wildman–Crippen MR) is 133 cm³/mol. The fraction of sp³-hybridized carbons (Fsp3) is 0.269. The van der Waals surface area contributed by atoms with Gasteiger partial charge in [0.05, 0.1) is 16.8 Å². The molecule has 1 saturated heterocycles. The van der Waals surface area contributed by atoms with Gasteiger partial charge in [-0.1, -0.05) is 12.1 Å². The molecule has 0 spiro atoms. The van der Waals surface area contributed by atoms with Gasteiger partial charge in [0.2, 0.25) is 5.91 Å². The highest BCUT2D eigenvalue weighted by Crippen LogP contribution is 2.38.